The smallest absolute Gasteiger partial charge is 0.131 e. The highest BCUT2D eigenvalue weighted by atomic mass is 16.3. The molecule has 1 nitrogen and oxygen atoms in total. The maximum atomic E-state index is 10.3. The van der Waals surface area contributed by atoms with E-state index >= 15 is 0 Å². The van der Waals surface area contributed by atoms with Crippen LogP contribution in [-0.4, -0.2) is 10.7 Å². The first-order valence-corrected chi connectivity index (χ1v) is 5.07. The Bertz CT molecular complexity index is 286. The molecule has 0 aromatic heterocycles. The Kier molecular flexibility index (Phi) is 1.48. The van der Waals surface area contributed by atoms with Gasteiger partial charge >= 0.3 is 0 Å². The topological polar surface area (TPSA) is 20.2 Å². The molecule has 2 saturated carbocycles. The van der Waals surface area contributed by atoms with E-state index in [-0.39, 0.29) is 10.8 Å². The average Bonchev–Trinajstić information content (AvgIpc) is 2.36. The van der Waals surface area contributed by atoms with E-state index in [0.717, 1.165) is 12.8 Å². The number of fused-ring (bicyclic) bond motifs is 2. The van der Waals surface area contributed by atoms with Crippen LogP contribution in [0.4, 0.5) is 0 Å². The number of rotatable bonds is 0. The van der Waals surface area contributed by atoms with Crippen LogP contribution >= 0.6 is 0 Å². The van der Waals surface area contributed by atoms with Crippen LogP contribution in [0.3, 0.4) is 0 Å². The van der Waals surface area contributed by atoms with Crippen molar-refractivity contribution in [1.29, 1.82) is 0 Å². The second-order valence-electron chi connectivity index (χ2n) is 5.50. The van der Waals surface area contributed by atoms with Crippen LogP contribution in [0.25, 0.3) is 0 Å². The predicted molar refractivity (Wildman–Crippen MR) is 53.0 cm³/mol. The van der Waals surface area contributed by atoms with Crippen LogP contribution < -0.4 is 0 Å². The Morgan fingerprint density at radius 3 is 2.23 bits per heavy atom. The maximum absolute atomic E-state index is 10.3. The van der Waals surface area contributed by atoms with E-state index in [9.17, 15) is 5.11 Å². The number of hydrogen-bond donors (Lipinski definition) is 1. The highest BCUT2D eigenvalue weighted by Gasteiger charge is 2.67. The lowest BCUT2D eigenvalue weighted by molar-refractivity contribution is -0.0431. The van der Waals surface area contributed by atoms with Gasteiger partial charge in [-0.05, 0) is 30.6 Å². The third-order valence-corrected chi connectivity index (χ3v) is 5.13. The van der Waals surface area contributed by atoms with Gasteiger partial charge in [-0.3, -0.25) is 0 Å². The van der Waals surface area contributed by atoms with Crippen molar-refractivity contribution in [2.24, 2.45) is 16.7 Å². The van der Waals surface area contributed by atoms with E-state index in [4.69, 9.17) is 6.42 Å². The van der Waals surface area contributed by atoms with Gasteiger partial charge in [0, 0.05) is 5.41 Å². The molecule has 2 aliphatic carbocycles. The molecule has 2 fully saturated rings. The molecule has 0 spiro atoms. The van der Waals surface area contributed by atoms with Crippen LogP contribution in [-0.2, 0) is 0 Å². The average molecular weight is 178 g/mol. The quantitative estimate of drug-likeness (QED) is 0.564. The summed E-state index contributed by atoms with van der Waals surface area (Å²) in [5.74, 6) is 3.23. The summed E-state index contributed by atoms with van der Waals surface area (Å²) in [6, 6.07) is 0. The molecule has 0 aliphatic heterocycles. The molecule has 1 N–H and O–H groups in total. The van der Waals surface area contributed by atoms with E-state index in [2.05, 4.69) is 26.7 Å². The van der Waals surface area contributed by atoms with Crippen molar-refractivity contribution < 1.29 is 5.11 Å². The lowest BCUT2D eigenvalue weighted by Gasteiger charge is -2.42. The van der Waals surface area contributed by atoms with Gasteiger partial charge in [-0.1, -0.05) is 26.7 Å². The summed E-state index contributed by atoms with van der Waals surface area (Å²) < 4.78 is 0. The van der Waals surface area contributed by atoms with Crippen LogP contribution in [0, 0.1) is 29.1 Å². The first-order chi connectivity index (χ1) is 5.87. The van der Waals surface area contributed by atoms with E-state index in [1.165, 1.54) is 6.42 Å². The Morgan fingerprint density at radius 1 is 1.38 bits per heavy atom. The number of hydrogen-bond acceptors (Lipinski definition) is 1. The Balaban J connectivity index is 2.51. The Hall–Kier alpha value is -0.480. The van der Waals surface area contributed by atoms with Gasteiger partial charge in [0.2, 0.25) is 0 Å². The zero-order valence-corrected chi connectivity index (χ0v) is 8.72. The first kappa shape index (κ1) is 9.09. The van der Waals surface area contributed by atoms with Crippen LogP contribution in [0.1, 0.15) is 40.0 Å². The summed E-state index contributed by atoms with van der Waals surface area (Å²) in [4.78, 5) is 0. The fourth-order valence-electron chi connectivity index (χ4n) is 3.49. The molecule has 2 bridgehead atoms. The molecular formula is C12H18O. The minimum Gasteiger partial charge on any atom is -0.377 e. The van der Waals surface area contributed by atoms with Crippen molar-refractivity contribution in [2.75, 3.05) is 0 Å². The SMILES string of the molecule is C#CC1(O)C[C@@H]2CC[C@@]1(C)C2(C)C. The van der Waals surface area contributed by atoms with Crippen molar-refractivity contribution in [3.8, 4) is 12.3 Å². The van der Waals surface area contributed by atoms with Gasteiger partial charge in [-0.2, -0.15) is 0 Å². The number of aliphatic hydroxyl groups is 1. The van der Waals surface area contributed by atoms with Crippen molar-refractivity contribution >= 4 is 0 Å². The van der Waals surface area contributed by atoms with E-state index in [1.807, 2.05) is 0 Å². The molecule has 0 aromatic rings. The van der Waals surface area contributed by atoms with Gasteiger partial charge in [0.25, 0.3) is 0 Å². The lowest BCUT2D eigenvalue weighted by atomic mass is 9.65. The monoisotopic (exact) mass is 178 g/mol. The predicted octanol–water partition coefficient (Wildman–Crippen LogP) is 2.20. The third-order valence-electron chi connectivity index (χ3n) is 5.13. The number of terminal acetylenes is 1. The molecule has 3 atom stereocenters. The lowest BCUT2D eigenvalue weighted by Crippen LogP contribution is -2.45. The van der Waals surface area contributed by atoms with Gasteiger partial charge in [0.05, 0.1) is 0 Å². The van der Waals surface area contributed by atoms with Gasteiger partial charge in [0.1, 0.15) is 5.60 Å². The zero-order chi connectivity index (χ0) is 9.91. The fraction of sp³-hybridized carbons (Fsp3) is 0.833. The summed E-state index contributed by atoms with van der Waals surface area (Å²) in [7, 11) is 0. The molecule has 1 unspecified atom stereocenters. The summed E-state index contributed by atoms with van der Waals surface area (Å²) in [5.41, 5.74) is -0.715. The third kappa shape index (κ3) is 0.742. The van der Waals surface area contributed by atoms with Crippen molar-refractivity contribution in [3.05, 3.63) is 0 Å². The van der Waals surface area contributed by atoms with E-state index in [0.29, 0.717) is 5.92 Å². The van der Waals surface area contributed by atoms with Crippen LogP contribution in [0.5, 0.6) is 0 Å². The second-order valence-corrected chi connectivity index (χ2v) is 5.50. The van der Waals surface area contributed by atoms with Gasteiger partial charge in [-0.15, -0.1) is 6.42 Å². The Labute approximate surface area is 80.5 Å². The Morgan fingerprint density at radius 2 is 2.00 bits per heavy atom. The van der Waals surface area contributed by atoms with Gasteiger partial charge in [-0.25, -0.2) is 0 Å². The van der Waals surface area contributed by atoms with Crippen LogP contribution in [0.2, 0.25) is 0 Å². The highest BCUT2D eigenvalue weighted by molar-refractivity contribution is 5.27. The molecule has 72 valence electrons. The summed E-state index contributed by atoms with van der Waals surface area (Å²) in [6.45, 7) is 6.65. The standard InChI is InChI=1S/C12H18O/c1-5-12(13)8-9-6-7-11(12,4)10(9,2)3/h1,9,13H,6-8H2,2-4H3/t9-,11-,12?/m0/s1. The van der Waals surface area contributed by atoms with Gasteiger partial charge in [0.15, 0.2) is 0 Å². The molecule has 0 saturated heterocycles. The zero-order valence-electron chi connectivity index (χ0n) is 8.72. The molecule has 2 aliphatic rings. The molecule has 1 heteroatoms. The highest BCUT2D eigenvalue weighted by Crippen LogP contribution is 2.69. The fourth-order valence-corrected chi connectivity index (χ4v) is 3.49. The van der Waals surface area contributed by atoms with E-state index in [1.54, 1.807) is 0 Å². The normalized spacial score (nSPS) is 52.1. The first-order valence-electron chi connectivity index (χ1n) is 5.07. The largest absolute Gasteiger partial charge is 0.377 e. The molecular weight excluding hydrogens is 160 g/mol. The molecule has 0 aromatic carbocycles. The molecule has 0 radical (unpaired) electrons. The minimum absolute atomic E-state index is 0.0700. The summed E-state index contributed by atoms with van der Waals surface area (Å²) in [5, 5.41) is 10.3. The van der Waals surface area contributed by atoms with Crippen molar-refractivity contribution in [2.45, 2.75) is 45.6 Å². The molecule has 0 amide bonds. The summed E-state index contributed by atoms with van der Waals surface area (Å²) in [6.07, 6.45) is 8.56. The molecule has 13 heavy (non-hydrogen) atoms. The van der Waals surface area contributed by atoms with Crippen molar-refractivity contribution in [3.63, 3.8) is 0 Å². The second kappa shape index (κ2) is 2.12. The summed E-state index contributed by atoms with van der Waals surface area (Å²) >= 11 is 0. The van der Waals surface area contributed by atoms with E-state index < -0.39 is 5.60 Å². The van der Waals surface area contributed by atoms with Crippen molar-refractivity contribution in [1.82, 2.24) is 0 Å². The van der Waals surface area contributed by atoms with Crippen LogP contribution in [0.15, 0.2) is 0 Å². The maximum Gasteiger partial charge on any atom is 0.131 e. The molecule has 0 heterocycles. The molecule has 2 rings (SSSR count). The minimum atomic E-state index is -0.848. The van der Waals surface area contributed by atoms with Gasteiger partial charge < -0.3 is 5.11 Å².